The van der Waals surface area contributed by atoms with Gasteiger partial charge in [-0.25, -0.2) is 4.79 Å². The van der Waals surface area contributed by atoms with E-state index < -0.39 is 35.8 Å². The third-order valence-corrected chi connectivity index (χ3v) is 5.09. The summed E-state index contributed by atoms with van der Waals surface area (Å²) in [7, 11) is 0. The van der Waals surface area contributed by atoms with E-state index in [4.69, 9.17) is 4.74 Å². The lowest BCUT2D eigenvalue weighted by molar-refractivity contribution is -0.122. The quantitative estimate of drug-likeness (QED) is 0.508. The van der Waals surface area contributed by atoms with Crippen LogP contribution in [0.25, 0.3) is 0 Å². The van der Waals surface area contributed by atoms with Gasteiger partial charge < -0.3 is 20.3 Å². The van der Waals surface area contributed by atoms with Gasteiger partial charge in [-0.2, -0.15) is 0 Å². The Hall–Kier alpha value is -2.75. The van der Waals surface area contributed by atoms with Crippen molar-refractivity contribution in [3.63, 3.8) is 0 Å². The number of H-pyrrole nitrogens is 1. The molecule has 2 aromatic rings. The molecule has 1 aromatic carbocycles. The van der Waals surface area contributed by atoms with E-state index in [0.717, 1.165) is 16.2 Å². The van der Waals surface area contributed by atoms with Crippen LogP contribution in [0.5, 0.6) is 0 Å². The van der Waals surface area contributed by atoms with Gasteiger partial charge >= 0.3 is 5.69 Å². The Balaban J connectivity index is 1.52. The predicted octanol–water partition coefficient (Wildman–Crippen LogP) is -0.144. The van der Waals surface area contributed by atoms with Crippen LogP contribution in [0.15, 0.2) is 52.2 Å². The summed E-state index contributed by atoms with van der Waals surface area (Å²) in [4.78, 5) is 37.3. The maximum absolute atomic E-state index is 12.2. The molecule has 1 aliphatic heterocycles. The summed E-state index contributed by atoms with van der Waals surface area (Å²) in [5, 5.41) is 23.3. The zero-order valence-electron chi connectivity index (χ0n) is 16.0. The number of aromatic amines is 1. The van der Waals surface area contributed by atoms with Gasteiger partial charge in [0.1, 0.15) is 12.2 Å². The number of aromatic nitrogens is 2. The fraction of sp³-hybridized carbons (Fsp3) is 0.450. The van der Waals surface area contributed by atoms with Gasteiger partial charge in [-0.3, -0.25) is 19.1 Å². The zero-order chi connectivity index (χ0) is 21.0. The van der Waals surface area contributed by atoms with E-state index in [1.165, 1.54) is 6.20 Å². The van der Waals surface area contributed by atoms with E-state index in [2.05, 4.69) is 10.3 Å². The normalized spacial score (nSPS) is 24.9. The number of hydrogen-bond donors (Lipinski definition) is 4. The SMILES string of the molecule is CC(CNC(=O)CC[C@H]1O[C@@H](n2ccc(=O)[nH]c2=O)[C@H](O)[C@@H]1O)c1ccccc1. The molecule has 5 atom stereocenters. The molecule has 0 aliphatic carbocycles. The largest absolute Gasteiger partial charge is 0.388 e. The molecule has 9 heteroatoms. The van der Waals surface area contributed by atoms with Gasteiger partial charge in [-0.1, -0.05) is 37.3 Å². The summed E-state index contributed by atoms with van der Waals surface area (Å²) in [5.74, 6) is -0.0329. The number of hydrogen-bond acceptors (Lipinski definition) is 6. The molecule has 0 spiro atoms. The number of ether oxygens (including phenoxy) is 1. The molecule has 1 aromatic heterocycles. The van der Waals surface area contributed by atoms with Crippen molar-refractivity contribution in [2.45, 2.75) is 50.2 Å². The number of rotatable bonds is 7. The summed E-state index contributed by atoms with van der Waals surface area (Å²) >= 11 is 0. The molecule has 3 rings (SSSR count). The lowest BCUT2D eigenvalue weighted by Crippen LogP contribution is -2.37. The van der Waals surface area contributed by atoms with E-state index in [-0.39, 0.29) is 24.7 Å². The molecule has 9 nitrogen and oxygen atoms in total. The Morgan fingerprint density at radius 3 is 2.62 bits per heavy atom. The molecule has 1 aliphatic rings. The van der Waals surface area contributed by atoms with Gasteiger partial charge in [0.05, 0.1) is 6.10 Å². The van der Waals surface area contributed by atoms with Crippen LogP contribution in [-0.4, -0.2) is 50.5 Å². The number of benzene rings is 1. The third-order valence-electron chi connectivity index (χ3n) is 5.09. The molecule has 4 N–H and O–H groups in total. The molecular weight excluding hydrogens is 378 g/mol. The van der Waals surface area contributed by atoms with Crippen LogP contribution in [0.4, 0.5) is 0 Å². The molecule has 29 heavy (non-hydrogen) atoms. The molecule has 2 heterocycles. The van der Waals surface area contributed by atoms with E-state index in [0.29, 0.717) is 6.54 Å². The van der Waals surface area contributed by atoms with E-state index in [9.17, 15) is 24.6 Å². The van der Waals surface area contributed by atoms with Gasteiger partial charge in [0.2, 0.25) is 5.91 Å². The second kappa shape index (κ2) is 9.17. The van der Waals surface area contributed by atoms with E-state index in [1.807, 2.05) is 37.3 Å². The first-order valence-electron chi connectivity index (χ1n) is 9.51. The predicted molar refractivity (Wildman–Crippen MR) is 104 cm³/mol. The van der Waals surface area contributed by atoms with Crippen molar-refractivity contribution >= 4 is 5.91 Å². The van der Waals surface area contributed by atoms with E-state index in [1.54, 1.807) is 0 Å². The van der Waals surface area contributed by atoms with Gasteiger partial charge in [0.15, 0.2) is 6.23 Å². The minimum atomic E-state index is -1.36. The fourth-order valence-corrected chi connectivity index (χ4v) is 3.35. The second-order valence-corrected chi connectivity index (χ2v) is 7.22. The van der Waals surface area contributed by atoms with Gasteiger partial charge in [0.25, 0.3) is 5.56 Å². The molecule has 1 fully saturated rings. The van der Waals surface area contributed by atoms with Crippen molar-refractivity contribution < 1.29 is 19.7 Å². The number of amides is 1. The van der Waals surface area contributed by atoms with Gasteiger partial charge in [-0.05, 0) is 17.9 Å². The molecule has 1 amide bonds. The third kappa shape index (κ3) is 5.00. The topological polar surface area (TPSA) is 134 Å². The van der Waals surface area contributed by atoms with Crippen LogP contribution < -0.4 is 16.6 Å². The minimum Gasteiger partial charge on any atom is -0.388 e. The summed E-state index contributed by atoms with van der Waals surface area (Å²) in [6.45, 7) is 2.50. The monoisotopic (exact) mass is 403 g/mol. The van der Waals surface area contributed by atoms with Gasteiger partial charge in [0, 0.05) is 25.2 Å². The maximum Gasteiger partial charge on any atom is 0.330 e. The Morgan fingerprint density at radius 2 is 1.93 bits per heavy atom. The zero-order valence-corrected chi connectivity index (χ0v) is 16.0. The number of nitrogens with one attached hydrogen (secondary N) is 2. The van der Waals surface area contributed by atoms with Crippen LogP contribution in [-0.2, 0) is 9.53 Å². The average molecular weight is 403 g/mol. The van der Waals surface area contributed by atoms with Crippen molar-refractivity contribution in [1.82, 2.24) is 14.9 Å². The lowest BCUT2D eigenvalue weighted by Gasteiger charge is -2.16. The number of aliphatic hydroxyl groups excluding tert-OH is 2. The second-order valence-electron chi connectivity index (χ2n) is 7.22. The highest BCUT2D eigenvalue weighted by Gasteiger charge is 2.43. The van der Waals surface area contributed by atoms with Gasteiger partial charge in [-0.15, -0.1) is 0 Å². The minimum absolute atomic E-state index is 0.100. The smallest absolute Gasteiger partial charge is 0.330 e. The summed E-state index contributed by atoms with van der Waals surface area (Å²) in [6, 6.07) is 11.0. The van der Waals surface area contributed by atoms with Crippen molar-refractivity contribution in [3.05, 3.63) is 69.0 Å². The van der Waals surface area contributed by atoms with Crippen LogP contribution in [0.1, 0.15) is 37.5 Å². The summed E-state index contributed by atoms with van der Waals surface area (Å²) < 4.78 is 6.61. The standard InChI is InChI=1S/C20H25N3O6/c1-12(13-5-3-2-4-6-13)11-21-15(24)8-7-14-17(26)18(27)19(29-14)23-10-9-16(25)22-20(23)28/h2-6,9-10,12,14,17-19,26-27H,7-8,11H2,1H3,(H,21,24)(H,22,25,28)/t12?,14-,17-,18-,19-/m1/s1. The van der Waals surface area contributed by atoms with Crippen LogP contribution >= 0.6 is 0 Å². The molecular formula is C20H25N3O6. The molecule has 0 radical (unpaired) electrons. The molecule has 0 saturated carbocycles. The van der Waals surface area contributed by atoms with Crippen molar-refractivity contribution in [2.75, 3.05) is 6.54 Å². The number of nitrogens with zero attached hydrogens (tertiary/aromatic N) is 1. The highest BCUT2D eigenvalue weighted by atomic mass is 16.6. The Morgan fingerprint density at radius 1 is 1.21 bits per heavy atom. The first kappa shape index (κ1) is 21.0. The maximum atomic E-state index is 12.2. The Kier molecular flexibility index (Phi) is 6.63. The van der Waals surface area contributed by atoms with Crippen LogP contribution in [0.3, 0.4) is 0 Å². The summed E-state index contributed by atoms with van der Waals surface area (Å²) in [6.07, 6.45) is -3.09. The highest BCUT2D eigenvalue weighted by molar-refractivity contribution is 5.75. The summed E-state index contributed by atoms with van der Waals surface area (Å²) in [5.41, 5.74) is -0.195. The van der Waals surface area contributed by atoms with Crippen molar-refractivity contribution in [1.29, 1.82) is 0 Å². The van der Waals surface area contributed by atoms with Crippen molar-refractivity contribution in [2.24, 2.45) is 0 Å². The van der Waals surface area contributed by atoms with E-state index >= 15 is 0 Å². The first-order valence-corrected chi connectivity index (χ1v) is 9.51. The van der Waals surface area contributed by atoms with Crippen LogP contribution in [0.2, 0.25) is 0 Å². The number of carbonyl (C=O) groups is 1. The van der Waals surface area contributed by atoms with Crippen LogP contribution in [0, 0.1) is 0 Å². The highest BCUT2D eigenvalue weighted by Crippen LogP contribution is 2.30. The fourth-order valence-electron chi connectivity index (χ4n) is 3.35. The number of aliphatic hydroxyl groups is 2. The Labute approximate surface area is 167 Å². The molecule has 0 bridgehead atoms. The average Bonchev–Trinajstić information content (AvgIpc) is 2.99. The molecule has 156 valence electrons. The lowest BCUT2D eigenvalue weighted by atomic mass is 10.0. The first-order chi connectivity index (χ1) is 13.9. The van der Waals surface area contributed by atoms with Crippen molar-refractivity contribution in [3.8, 4) is 0 Å². The molecule has 1 unspecified atom stereocenters. The number of carbonyl (C=O) groups excluding carboxylic acids is 1. The molecule has 1 saturated heterocycles. The Bertz CT molecular complexity index is 941.